The summed E-state index contributed by atoms with van der Waals surface area (Å²) in [7, 11) is 0. The van der Waals surface area contributed by atoms with E-state index in [4.69, 9.17) is 14.2 Å². The Kier molecular flexibility index (Phi) is 54.9. The number of ether oxygens (including phenoxy) is 3. The molecule has 0 radical (unpaired) electrons. The third kappa shape index (κ3) is 55.3. The van der Waals surface area contributed by atoms with Gasteiger partial charge >= 0.3 is 17.9 Å². The van der Waals surface area contributed by atoms with Gasteiger partial charge in [0.1, 0.15) is 13.2 Å². The lowest BCUT2D eigenvalue weighted by Crippen LogP contribution is -2.30. The maximum absolute atomic E-state index is 12.9. The Morgan fingerprint density at radius 3 is 0.943 bits per heavy atom. The molecule has 0 saturated heterocycles. The zero-order valence-corrected chi connectivity index (χ0v) is 45.8. The first-order valence-corrected chi connectivity index (χ1v) is 29.2. The highest BCUT2D eigenvalue weighted by Gasteiger charge is 2.19. The Labute approximate surface area is 432 Å². The van der Waals surface area contributed by atoms with Crippen LogP contribution in [-0.2, 0) is 28.6 Å². The average molecular weight is 974 g/mol. The fourth-order valence-corrected chi connectivity index (χ4v) is 7.89. The molecule has 0 fully saturated rings. The Morgan fingerprint density at radius 1 is 0.300 bits per heavy atom. The molecule has 0 heterocycles. The molecule has 0 aromatic heterocycles. The molecule has 0 saturated carbocycles. The number of unbranched alkanes of at least 4 members (excludes halogenated alkanes) is 25. The maximum Gasteiger partial charge on any atom is 0.306 e. The summed E-state index contributed by atoms with van der Waals surface area (Å²) in [5.41, 5.74) is 0. The number of rotatable bonds is 52. The lowest BCUT2D eigenvalue weighted by atomic mass is 10.1. The van der Waals surface area contributed by atoms with Crippen molar-refractivity contribution in [3.63, 3.8) is 0 Å². The van der Waals surface area contributed by atoms with Crippen molar-refractivity contribution in [1.82, 2.24) is 0 Å². The van der Waals surface area contributed by atoms with E-state index in [-0.39, 0.29) is 31.1 Å². The van der Waals surface area contributed by atoms with E-state index in [9.17, 15) is 14.4 Å². The molecule has 0 aromatic rings. The highest BCUT2D eigenvalue weighted by molar-refractivity contribution is 5.71. The summed E-state index contributed by atoms with van der Waals surface area (Å²) in [6.45, 7) is 6.45. The zero-order valence-electron chi connectivity index (χ0n) is 45.8. The van der Waals surface area contributed by atoms with Gasteiger partial charge in [-0.1, -0.05) is 234 Å². The molecule has 70 heavy (non-hydrogen) atoms. The molecule has 400 valence electrons. The Hall–Kier alpha value is -3.67. The van der Waals surface area contributed by atoms with Crippen molar-refractivity contribution in [2.75, 3.05) is 13.2 Å². The van der Waals surface area contributed by atoms with Crippen molar-refractivity contribution in [3.05, 3.63) is 97.2 Å². The van der Waals surface area contributed by atoms with Gasteiger partial charge in [-0.3, -0.25) is 14.4 Å². The van der Waals surface area contributed by atoms with E-state index in [0.717, 1.165) is 122 Å². The minimum Gasteiger partial charge on any atom is -0.462 e. The second-order valence-corrected chi connectivity index (χ2v) is 19.2. The van der Waals surface area contributed by atoms with Gasteiger partial charge in [-0.2, -0.15) is 0 Å². The van der Waals surface area contributed by atoms with Crippen LogP contribution >= 0.6 is 0 Å². The molecule has 1 unspecified atom stereocenters. The topological polar surface area (TPSA) is 78.9 Å². The molecule has 0 amide bonds. The zero-order chi connectivity index (χ0) is 50.7. The van der Waals surface area contributed by atoms with Gasteiger partial charge in [-0.15, -0.1) is 0 Å². The van der Waals surface area contributed by atoms with Crippen LogP contribution in [0.25, 0.3) is 0 Å². The van der Waals surface area contributed by atoms with E-state index in [1.807, 2.05) is 0 Å². The first-order valence-electron chi connectivity index (χ1n) is 29.2. The van der Waals surface area contributed by atoms with Gasteiger partial charge in [0, 0.05) is 19.3 Å². The van der Waals surface area contributed by atoms with Crippen molar-refractivity contribution in [1.29, 1.82) is 0 Å². The van der Waals surface area contributed by atoms with Crippen LogP contribution in [0.4, 0.5) is 0 Å². The van der Waals surface area contributed by atoms with Gasteiger partial charge in [-0.05, 0) is 116 Å². The van der Waals surface area contributed by atoms with Crippen LogP contribution in [-0.4, -0.2) is 37.2 Å². The van der Waals surface area contributed by atoms with Gasteiger partial charge in [0.15, 0.2) is 6.10 Å². The minimum absolute atomic E-state index is 0.0965. The summed E-state index contributed by atoms with van der Waals surface area (Å²) in [6, 6.07) is 0. The monoisotopic (exact) mass is 973 g/mol. The molecular formula is C64H108O6. The molecule has 6 nitrogen and oxygen atoms in total. The molecule has 0 bridgehead atoms. The Morgan fingerprint density at radius 2 is 0.571 bits per heavy atom. The van der Waals surface area contributed by atoms with Crippen LogP contribution in [0.5, 0.6) is 0 Å². The molecule has 6 heteroatoms. The first-order chi connectivity index (χ1) is 34.5. The number of hydrogen-bond donors (Lipinski definition) is 0. The summed E-state index contributed by atoms with van der Waals surface area (Å²) in [5, 5.41) is 0. The number of esters is 3. The standard InChI is InChI=1S/C64H108O6/c1-4-7-10-13-16-19-22-25-28-30-32-34-36-39-42-45-48-51-54-57-63(66)69-60-61(59-68-62(65)56-53-50-47-44-41-38-27-24-21-18-15-12-9-6-3)70-64(67)58-55-52-49-46-43-40-37-35-33-31-29-26-23-20-17-14-11-8-5-2/h7,10,15-16,18-19,24-29,32,34,39,42,61H,4-6,8-9,11-14,17,20-23,30-31,33,35-38,40-41,43-60H2,1-3H3/b10-7-,18-15-,19-16-,27-24-,28-25-,29-26-,34-32-,42-39-. The summed E-state index contributed by atoms with van der Waals surface area (Å²) in [6.07, 6.45) is 76.8. The minimum atomic E-state index is -0.800. The number of carbonyl (C=O) groups excluding carboxylic acids is 3. The van der Waals surface area contributed by atoms with E-state index in [2.05, 4.69) is 118 Å². The average Bonchev–Trinajstić information content (AvgIpc) is 3.36. The lowest BCUT2D eigenvalue weighted by Gasteiger charge is -2.18. The predicted molar refractivity (Wildman–Crippen MR) is 302 cm³/mol. The Balaban J connectivity index is 4.45. The fourth-order valence-electron chi connectivity index (χ4n) is 7.89. The van der Waals surface area contributed by atoms with Crippen LogP contribution < -0.4 is 0 Å². The van der Waals surface area contributed by atoms with E-state index in [1.54, 1.807) is 0 Å². The van der Waals surface area contributed by atoms with Gasteiger partial charge < -0.3 is 14.2 Å². The second-order valence-electron chi connectivity index (χ2n) is 19.2. The van der Waals surface area contributed by atoms with E-state index >= 15 is 0 Å². The summed E-state index contributed by atoms with van der Waals surface area (Å²) in [5.74, 6) is -0.940. The third-order valence-corrected chi connectivity index (χ3v) is 12.3. The molecule has 0 spiro atoms. The largest absolute Gasteiger partial charge is 0.462 e. The van der Waals surface area contributed by atoms with Gasteiger partial charge in [0.2, 0.25) is 0 Å². The van der Waals surface area contributed by atoms with Crippen molar-refractivity contribution < 1.29 is 28.6 Å². The fraction of sp³-hybridized carbons (Fsp3) is 0.703. The number of allylic oxidation sites excluding steroid dienone is 16. The van der Waals surface area contributed by atoms with E-state index < -0.39 is 6.10 Å². The Bertz CT molecular complexity index is 1400. The van der Waals surface area contributed by atoms with Crippen LogP contribution in [0.2, 0.25) is 0 Å². The van der Waals surface area contributed by atoms with Crippen molar-refractivity contribution in [2.45, 2.75) is 277 Å². The van der Waals surface area contributed by atoms with Crippen LogP contribution in [0.1, 0.15) is 271 Å². The smallest absolute Gasteiger partial charge is 0.306 e. The van der Waals surface area contributed by atoms with Crippen molar-refractivity contribution >= 4 is 17.9 Å². The van der Waals surface area contributed by atoms with Gasteiger partial charge in [0.25, 0.3) is 0 Å². The second kappa shape index (κ2) is 57.9. The highest BCUT2D eigenvalue weighted by Crippen LogP contribution is 2.15. The van der Waals surface area contributed by atoms with Gasteiger partial charge in [-0.25, -0.2) is 0 Å². The molecule has 0 aromatic carbocycles. The maximum atomic E-state index is 12.9. The van der Waals surface area contributed by atoms with Crippen molar-refractivity contribution in [3.8, 4) is 0 Å². The number of carbonyl (C=O) groups is 3. The summed E-state index contributed by atoms with van der Waals surface area (Å²) in [4.78, 5) is 38.2. The predicted octanol–water partition coefficient (Wildman–Crippen LogP) is 19.7. The quantitative estimate of drug-likeness (QED) is 0.0262. The molecule has 0 rings (SSSR count). The van der Waals surface area contributed by atoms with Crippen LogP contribution in [0.15, 0.2) is 97.2 Å². The summed E-state index contributed by atoms with van der Waals surface area (Å²) < 4.78 is 16.8. The molecular weight excluding hydrogens is 865 g/mol. The molecule has 0 aliphatic heterocycles. The SMILES string of the molecule is CC/C=C\C/C=C\C/C=C\C/C=C\C/C=C\CCCCCC(=O)OCC(COC(=O)CCCCCCC/C=C\C/C=C\CCCC)OC(=O)CCCCCCCCCCC/C=C\CCCCCCCC. The molecule has 0 aliphatic rings. The number of hydrogen-bond acceptors (Lipinski definition) is 6. The van der Waals surface area contributed by atoms with E-state index in [1.165, 1.54) is 109 Å². The normalized spacial score (nSPS) is 12.8. The van der Waals surface area contributed by atoms with Crippen molar-refractivity contribution in [2.24, 2.45) is 0 Å². The first kappa shape index (κ1) is 66.3. The third-order valence-electron chi connectivity index (χ3n) is 12.3. The molecule has 0 aliphatic carbocycles. The van der Waals surface area contributed by atoms with Crippen LogP contribution in [0, 0.1) is 0 Å². The summed E-state index contributed by atoms with van der Waals surface area (Å²) >= 11 is 0. The van der Waals surface area contributed by atoms with Gasteiger partial charge in [0.05, 0.1) is 0 Å². The van der Waals surface area contributed by atoms with E-state index in [0.29, 0.717) is 19.3 Å². The lowest BCUT2D eigenvalue weighted by molar-refractivity contribution is -0.167. The highest BCUT2D eigenvalue weighted by atomic mass is 16.6. The van der Waals surface area contributed by atoms with Crippen LogP contribution in [0.3, 0.4) is 0 Å². The molecule has 1 atom stereocenters. The molecule has 0 N–H and O–H groups in total.